The first-order valence-corrected chi connectivity index (χ1v) is 5.73. The summed E-state index contributed by atoms with van der Waals surface area (Å²) in [5.74, 6) is -0.286. The van der Waals surface area contributed by atoms with Gasteiger partial charge in [-0.1, -0.05) is 28.1 Å². The summed E-state index contributed by atoms with van der Waals surface area (Å²) in [6.45, 7) is 0. The minimum atomic E-state index is -0.391. The van der Waals surface area contributed by atoms with Crippen molar-refractivity contribution in [2.24, 2.45) is 4.99 Å². The standard InChI is InChI=1S/C13H9BrFNO/c14-10-5-6-13(17)9(7-10)8-16-12-4-2-1-3-11(12)15/h1-8,17H. The molecule has 0 saturated heterocycles. The van der Waals surface area contributed by atoms with E-state index in [4.69, 9.17) is 0 Å². The van der Waals surface area contributed by atoms with Crippen LogP contribution in [0.15, 0.2) is 51.9 Å². The quantitative estimate of drug-likeness (QED) is 0.833. The highest BCUT2D eigenvalue weighted by atomic mass is 79.9. The first-order chi connectivity index (χ1) is 8.16. The van der Waals surface area contributed by atoms with Crippen LogP contribution in [-0.2, 0) is 0 Å². The molecule has 0 radical (unpaired) electrons. The summed E-state index contributed by atoms with van der Waals surface area (Å²) in [6, 6.07) is 11.2. The van der Waals surface area contributed by atoms with Crippen molar-refractivity contribution in [3.63, 3.8) is 0 Å². The summed E-state index contributed by atoms with van der Waals surface area (Å²) in [6.07, 6.45) is 1.43. The van der Waals surface area contributed by atoms with E-state index in [2.05, 4.69) is 20.9 Å². The van der Waals surface area contributed by atoms with Gasteiger partial charge in [0.2, 0.25) is 0 Å². The smallest absolute Gasteiger partial charge is 0.148 e. The lowest BCUT2D eigenvalue weighted by Gasteiger charge is -1.99. The Labute approximate surface area is 107 Å². The van der Waals surface area contributed by atoms with Gasteiger partial charge in [-0.15, -0.1) is 0 Å². The van der Waals surface area contributed by atoms with E-state index in [0.717, 1.165) is 4.47 Å². The Morgan fingerprint density at radius 1 is 1.18 bits per heavy atom. The van der Waals surface area contributed by atoms with E-state index in [1.807, 2.05) is 0 Å². The highest BCUT2D eigenvalue weighted by molar-refractivity contribution is 9.10. The number of benzene rings is 2. The second kappa shape index (κ2) is 5.10. The minimum Gasteiger partial charge on any atom is -0.507 e. The van der Waals surface area contributed by atoms with Gasteiger partial charge < -0.3 is 5.11 Å². The molecule has 2 aromatic carbocycles. The molecule has 2 rings (SSSR count). The second-order valence-electron chi connectivity index (χ2n) is 3.41. The van der Waals surface area contributed by atoms with Gasteiger partial charge in [-0.3, -0.25) is 4.99 Å². The van der Waals surface area contributed by atoms with Crippen LogP contribution in [0.5, 0.6) is 5.75 Å². The van der Waals surface area contributed by atoms with E-state index >= 15 is 0 Å². The third-order valence-corrected chi connectivity index (χ3v) is 2.68. The van der Waals surface area contributed by atoms with E-state index in [1.54, 1.807) is 36.4 Å². The van der Waals surface area contributed by atoms with Crippen LogP contribution in [0.25, 0.3) is 0 Å². The van der Waals surface area contributed by atoms with Gasteiger partial charge in [0.1, 0.15) is 11.6 Å². The lowest BCUT2D eigenvalue weighted by molar-refractivity contribution is 0.474. The second-order valence-corrected chi connectivity index (χ2v) is 4.33. The number of phenolic OH excluding ortho intramolecular Hbond substituents is 1. The Morgan fingerprint density at radius 2 is 1.94 bits per heavy atom. The van der Waals surface area contributed by atoms with Gasteiger partial charge in [0.15, 0.2) is 0 Å². The molecule has 0 amide bonds. The lowest BCUT2D eigenvalue weighted by atomic mass is 10.2. The largest absolute Gasteiger partial charge is 0.507 e. The molecule has 0 spiro atoms. The van der Waals surface area contributed by atoms with Crippen LogP contribution in [0.3, 0.4) is 0 Å². The average Bonchev–Trinajstić information content (AvgIpc) is 2.32. The Balaban J connectivity index is 2.32. The zero-order valence-electron chi connectivity index (χ0n) is 8.77. The van der Waals surface area contributed by atoms with Crippen molar-refractivity contribution in [1.29, 1.82) is 0 Å². The topological polar surface area (TPSA) is 32.6 Å². The molecular weight excluding hydrogens is 285 g/mol. The maximum atomic E-state index is 13.3. The number of hydrogen-bond acceptors (Lipinski definition) is 2. The average molecular weight is 294 g/mol. The van der Waals surface area contributed by atoms with Crippen molar-refractivity contribution in [3.8, 4) is 5.75 Å². The lowest BCUT2D eigenvalue weighted by Crippen LogP contribution is -1.83. The third-order valence-electron chi connectivity index (χ3n) is 2.18. The van der Waals surface area contributed by atoms with Crippen molar-refractivity contribution < 1.29 is 9.50 Å². The molecule has 2 nitrogen and oxygen atoms in total. The Hall–Kier alpha value is -1.68. The summed E-state index contributed by atoms with van der Waals surface area (Å²) in [7, 11) is 0. The van der Waals surface area contributed by atoms with Crippen LogP contribution in [-0.4, -0.2) is 11.3 Å². The fourth-order valence-electron chi connectivity index (χ4n) is 1.32. The number of hydrogen-bond donors (Lipinski definition) is 1. The Bertz CT molecular complexity index is 569. The molecule has 0 atom stereocenters. The van der Waals surface area contributed by atoms with E-state index < -0.39 is 5.82 Å². The number of phenols is 1. The number of halogens is 2. The van der Waals surface area contributed by atoms with Crippen molar-refractivity contribution in [3.05, 3.63) is 58.3 Å². The van der Waals surface area contributed by atoms with E-state index in [0.29, 0.717) is 5.56 Å². The Morgan fingerprint density at radius 3 is 2.71 bits per heavy atom. The van der Waals surface area contributed by atoms with Crippen molar-refractivity contribution >= 4 is 27.8 Å². The zero-order chi connectivity index (χ0) is 12.3. The van der Waals surface area contributed by atoms with Crippen LogP contribution in [0.4, 0.5) is 10.1 Å². The van der Waals surface area contributed by atoms with Crippen LogP contribution in [0, 0.1) is 5.82 Å². The number of aromatic hydroxyl groups is 1. The molecule has 0 bridgehead atoms. The van der Waals surface area contributed by atoms with E-state index in [-0.39, 0.29) is 11.4 Å². The minimum absolute atomic E-state index is 0.105. The number of rotatable bonds is 2. The highest BCUT2D eigenvalue weighted by Crippen LogP contribution is 2.22. The summed E-state index contributed by atoms with van der Waals surface area (Å²) >= 11 is 3.29. The van der Waals surface area contributed by atoms with E-state index in [1.165, 1.54) is 12.3 Å². The fraction of sp³-hybridized carbons (Fsp3) is 0. The van der Waals surface area contributed by atoms with Crippen LogP contribution >= 0.6 is 15.9 Å². The van der Waals surface area contributed by atoms with Gasteiger partial charge in [-0.25, -0.2) is 4.39 Å². The van der Waals surface area contributed by atoms with Crippen LogP contribution < -0.4 is 0 Å². The van der Waals surface area contributed by atoms with Gasteiger partial charge in [-0.2, -0.15) is 0 Å². The van der Waals surface area contributed by atoms with Gasteiger partial charge >= 0.3 is 0 Å². The molecular formula is C13H9BrFNO. The normalized spacial score (nSPS) is 10.9. The van der Waals surface area contributed by atoms with Crippen LogP contribution in [0.1, 0.15) is 5.56 Å². The van der Waals surface area contributed by atoms with Crippen molar-refractivity contribution in [2.75, 3.05) is 0 Å². The maximum absolute atomic E-state index is 13.3. The van der Waals surface area contributed by atoms with Gasteiger partial charge in [0.05, 0.1) is 5.69 Å². The first kappa shape index (κ1) is 11.8. The molecule has 1 N–H and O–H groups in total. The molecule has 2 aromatic rings. The molecule has 0 aliphatic carbocycles. The fourth-order valence-corrected chi connectivity index (χ4v) is 1.70. The maximum Gasteiger partial charge on any atom is 0.148 e. The SMILES string of the molecule is Oc1ccc(Br)cc1C=Nc1ccccc1F. The molecule has 0 aromatic heterocycles. The molecule has 0 aliphatic heterocycles. The number of nitrogens with zero attached hydrogens (tertiary/aromatic N) is 1. The molecule has 0 fully saturated rings. The molecule has 0 unspecified atom stereocenters. The predicted molar refractivity (Wildman–Crippen MR) is 69.5 cm³/mol. The number of aliphatic imine (C=N–C) groups is 1. The van der Waals surface area contributed by atoms with E-state index in [9.17, 15) is 9.50 Å². The summed E-state index contributed by atoms with van der Waals surface area (Å²) in [4.78, 5) is 4.00. The summed E-state index contributed by atoms with van der Waals surface area (Å²) < 4.78 is 14.1. The predicted octanol–water partition coefficient (Wildman–Crippen LogP) is 4.04. The molecule has 4 heteroatoms. The van der Waals surface area contributed by atoms with Gasteiger partial charge in [0, 0.05) is 16.3 Å². The number of para-hydroxylation sites is 1. The zero-order valence-corrected chi connectivity index (χ0v) is 10.4. The third kappa shape index (κ3) is 2.91. The first-order valence-electron chi connectivity index (χ1n) is 4.94. The molecule has 17 heavy (non-hydrogen) atoms. The monoisotopic (exact) mass is 293 g/mol. The Kier molecular flexibility index (Phi) is 3.54. The highest BCUT2D eigenvalue weighted by Gasteiger charge is 2.00. The molecule has 86 valence electrons. The summed E-state index contributed by atoms with van der Waals surface area (Å²) in [5.41, 5.74) is 0.773. The van der Waals surface area contributed by atoms with Gasteiger partial charge in [-0.05, 0) is 30.3 Å². The van der Waals surface area contributed by atoms with Crippen molar-refractivity contribution in [1.82, 2.24) is 0 Å². The van der Waals surface area contributed by atoms with Crippen molar-refractivity contribution in [2.45, 2.75) is 0 Å². The summed E-state index contributed by atoms with van der Waals surface area (Å²) in [5, 5.41) is 9.58. The van der Waals surface area contributed by atoms with Gasteiger partial charge in [0.25, 0.3) is 0 Å². The van der Waals surface area contributed by atoms with Crippen LogP contribution in [0.2, 0.25) is 0 Å². The molecule has 0 aliphatic rings. The molecule has 0 heterocycles. The molecule has 0 saturated carbocycles.